The van der Waals surface area contributed by atoms with Crippen LogP contribution in [0.15, 0.2) is 29.8 Å². The fraction of sp³-hybridized carbons (Fsp3) is 0.467. The first-order valence-corrected chi connectivity index (χ1v) is 10.3. The lowest BCUT2D eigenvalue weighted by molar-refractivity contribution is 0.506. The Morgan fingerprint density at radius 1 is 1.17 bits per heavy atom. The molecule has 18 heavy (non-hydrogen) atoms. The third kappa shape index (κ3) is 3.63. The van der Waals surface area contributed by atoms with Gasteiger partial charge in [-0.15, -0.1) is 0 Å². The Bertz CT molecular complexity index is 452. The molecule has 98 valence electrons. The zero-order valence-corrected chi connectivity index (χ0v) is 13.3. The average Bonchev–Trinajstić information content (AvgIpc) is 3.09. The van der Waals surface area contributed by atoms with Crippen LogP contribution in [0.2, 0.25) is 24.7 Å². The van der Waals surface area contributed by atoms with E-state index in [1.54, 1.807) is 0 Å². The molecule has 0 unspecified atom stereocenters. The van der Waals surface area contributed by atoms with E-state index in [0.29, 0.717) is 0 Å². The van der Waals surface area contributed by atoms with Crippen LogP contribution in [0.5, 0.6) is 0 Å². The van der Waals surface area contributed by atoms with Gasteiger partial charge >= 0.3 is 0 Å². The molecule has 0 spiro atoms. The maximum atomic E-state index is 6.30. The molecule has 1 nitrogen and oxygen atoms in total. The lowest BCUT2D eigenvalue weighted by Crippen LogP contribution is -2.25. The summed E-state index contributed by atoms with van der Waals surface area (Å²) in [5.41, 5.74) is 2.56. The molecule has 0 bridgehead atoms. The largest absolute Gasteiger partial charge is 0.544 e. The highest BCUT2D eigenvalue weighted by Crippen LogP contribution is 2.41. The zero-order chi connectivity index (χ0) is 13.3. The normalized spacial score (nSPS) is 17.4. The lowest BCUT2D eigenvalue weighted by Gasteiger charge is -2.24. The molecule has 0 aliphatic heterocycles. The minimum Gasteiger partial charge on any atom is -0.544 e. The predicted molar refractivity (Wildman–Crippen MR) is 81.2 cm³/mol. The van der Waals surface area contributed by atoms with E-state index in [9.17, 15) is 0 Å². The molecule has 0 saturated heterocycles. The van der Waals surface area contributed by atoms with Crippen molar-refractivity contribution in [1.82, 2.24) is 0 Å². The highest BCUT2D eigenvalue weighted by Gasteiger charge is 2.29. The van der Waals surface area contributed by atoms with Crippen LogP contribution in [0.1, 0.15) is 25.3 Å². The Hall–Kier alpha value is -0.733. The molecule has 1 fully saturated rings. The molecule has 3 heteroatoms. The van der Waals surface area contributed by atoms with Crippen molar-refractivity contribution in [3.05, 3.63) is 40.4 Å². The first-order valence-electron chi connectivity index (χ1n) is 6.52. The lowest BCUT2D eigenvalue weighted by atomic mass is 10.1. The van der Waals surface area contributed by atoms with Crippen LogP contribution >= 0.6 is 11.6 Å². The van der Waals surface area contributed by atoms with Crippen LogP contribution in [0.3, 0.4) is 0 Å². The summed E-state index contributed by atoms with van der Waals surface area (Å²) < 4.78 is 6.30. The SMILES string of the molecule is CC(=C(O[Si](C)(C)C)c1ccc(Cl)cc1)C1CC1. The summed E-state index contributed by atoms with van der Waals surface area (Å²) >= 11 is 5.96. The van der Waals surface area contributed by atoms with Crippen LogP contribution in [0.4, 0.5) is 0 Å². The van der Waals surface area contributed by atoms with Gasteiger partial charge in [0, 0.05) is 10.6 Å². The molecule has 0 N–H and O–H groups in total. The van der Waals surface area contributed by atoms with Gasteiger partial charge < -0.3 is 4.43 Å². The Kier molecular flexibility index (Phi) is 3.88. The van der Waals surface area contributed by atoms with Gasteiger partial charge in [-0.1, -0.05) is 11.6 Å². The number of halogens is 1. The standard InChI is InChI=1S/C15H21ClOSi/c1-11(12-5-6-12)15(17-18(2,3)4)13-7-9-14(16)10-8-13/h7-10,12H,5-6H2,1-4H3. The monoisotopic (exact) mass is 280 g/mol. The molecule has 1 aliphatic carbocycles. The molecule has 0 heterocycles. The van der Waals surface area contributed by atoms with E-state index in [0.717, 1.165) is 22.3 Å². The van der Waals surface area contributed by atoms with Gasteiger partial charge in [-0.3, -0.25) is 0 Å². The second-order valence-corrected chi connectivity index (χ2v) is 10.9. The first-order chi connectivity index (χ1) is 8.37. The average molecular weight is 281 g/mol. The quantitative estimate of drug-likeness (QED) is 0.535. The maximum absolute atomic E-state index is 6.30. The molecule has 0 aromatic heterocycles. The number of benzene rings is 1. The van der Waals surface area contributed by atoms with E-state index in [1.807, 2.05) is 12.1 Å². The Morgan fingerprint density at radius 2 is 1.72 bits per heavy atom. The van der Waals surface area contributed by atoms with Gasteiger partial charge in [0.1, 0.15) is 5.76 Å². The molecule has 0 radical (unpaired) electrons. The maximum Gasteiger partial charge on any atom is 0.242 e. The Balaban J connectivity index is 2.35. The highest BCUT2D eigenvalue weighted by atomic mass is 35.5. The van der Waals surface area contributed by atoms with E-state index in [-0.39, 0.29) is 0 Å². The third-order valence-corrected chi connectivity index (χ3v) is 4.13. The molecule has 1 aromatic carbocycles. The summed E-state index contributed by atoms with van der Waals surface area (Å²) in [6, 6.07) is 7.99. The van der Waals surface area contributed by atoms with Crippen LogP contribution in [-0.4, -0.2) is 8.32 Å². The van der Waals surface area contributed by atoms with Gasteiger partial charge in [0.05, 0.1) is 0 Å². The second kappa shape index (κ2) is 5.10. The van der Waals surface area contributed by atoms with Crippen molar-refractivity contribution in [1.29, 1.82) is 0 Å². The Labute approximate surface area is 116 Å². The van der Waals surface area contributed by atoms with Crippen molar-refractivity contribution in [3.63, 3.8) is 0 Å². The summed E-state index contributed by atoms with van der Waals surface area (Å²) in [5, 5.41) is 0.773. The predicted octanol–water partition coefficient (Wildman–Crippen LogP) is 5.33. The zero-order valence-electron chi connectivity index (χ0n) is 11.6. The minimum atomic E-state index is -1.59. The van der Waals surface area contributed by atoms with Crippen LogP contribution in [0, 0.1) is 5.92 Å². The summed E-state index contributed by atoms with van der Waals surface area (Å²) in [5.74, 6) is 1.82. The van der Waals surface area contributed by atoms with Gasteiger partial charge in [0.25, 0.3) is 0 Å². The van der Waals surface area contributed by atoms with Crippen molar-refractivity contribution in [3.8, 4) is 0 Å². The van der Waals surface area contributed by atoms with Gasteiger partial charge in [-0.25, -0.2) is 0 Å². The van der Waals surface area contributed by atoms with Gasteiger partial charge in [-0.2, -0.15) is 0 Å². The molecular formula is C15H21ClOSi. The smallest absolute Gasteiger partial charge is 0.242 e. The highest BCUT2D eigenvalue weighted by molar-refractivity contribution is 6.70. The van der Waals surface area contributed by atoms with Gasteiger partial charge in [0.2, 0.25) is 8.32 Å². The van der Waals surface area contributed by atoms with Crippen molar-refractivity contribution in [2.24, 2.45) is 5.92 Å². The van der Waals surface area contributed by atoms with E-state index in [2.05, 4.69) is 38.7 Å². The molecule has 0 amide bonds. The Morgan fingerprint density at radius 3 is 2.17 bits per heavy atom. The third-order valence-electron chi connectivity index (χ3n) is 3.06. The summed E-state index contributed by atoms with van der Waals surface area (Å²) in [6.45, 7) is 8.89. The van der Waals surface area contributed by atoms with Crippen molar-refractivity contribution >= 4 is 25.7 Å². The topological polar surface area (TPSA) is 9.23 Å². The molecule has 1 aliphatic rings. The molecule has 1 saturated carbocycles. The van der Waals surface area contributed by atoms with E-state index < -0.39 is 8.32 Å². The molecule has 2 rings (SSSR count). The summed E-state index contributed by atoms with van der Waals surface area (Å²) in [6.07, 6.45) is 2.61. The van der Waals surface area contributed by atoms with Crippen molar-refractivity contribution in [2.45, 2.75) is 39.4 Å². The number of rotatable bonds is 4. The van der Waals surface area contributed by atoms with E-state index >= 15 is 0 Å². The number of hydrogen-bond donors (Lipinski definition) is 0. The van der Waals surface area contributed by atoms with E-state index in [1.165, 1.54) is 18.4 Å². The summed E-state index contributed by atoms with van der Waals surface area (Å²) in [4.78, 5) is 0. The summed E-state index contributed by atoms with van der Waals surface area (Å²) in [7, 11) is -1.59. The fourth-order valence-corrected chi connectivity index (χ4v) is 2.99. The molecule has 1 aromatic rings. The van der Waals surface area contributed by atoms with Crippen LogP contribution in [0.25, 0.3) is 5.76 Å². The van der Waals surface area contributed by atoms with Crippen LogP contribution in [-0.2, 0) is 4.43 Å². The molecular weight excluding hydrogens is 260 g/mol. The van der Waals surface area contributed by atoms with Gasteiger partial charge in [-0.05, 0) is 75.2 Å². The molecule has 0 atom stereocenters. The van der Waals surface area contributed by atoms with Crippen molar-refractivity contribution < 1.29 is 4.43 Å². The first kappa shape index (κ1) is 13.7. The number of allylic oxidation sites excluding steroid dienone is 1. The second-order valence-electron chi connectivity index (χ2n) is 6.01. The minimum absolute atomic E-state index is 0.729. The van der Waals surface area contributed by atoms with Gasteiger partial charge in [0.15, 0.2) is 0 Å². The van der Waals surface area contributed by atoms with Crippen molar-refractivity contribution in [2.75, 3.05) is 0 Å². The fourth-order valence-electron chi connectivity index (χ4n) is 1.98. The van der Waals surface area contributed by atoms with E-state index in [4.69, 9.17) is 16.0 Å². The number of hydrogen-bond acceptors (Lipinski definition) is 1. The van der Waals surface area contributed by atoms with Crippen LogP contribution < -0.4 is 0 Å².